The number of benzene rings is 1. The van der Waals surface area contributed by atoms with Crippen LogP contribution in [0.15, 0.2) is 18.2 Å². The first-order valence-electron chi connectivity index (χ1n) is 6.39. The molecule has 1 unspecified atom stereocenters. The third-order valence-electron chi connectivity index (χ3n) is 2.96. The van der Waals surface area contributed by atoms with E-state index in [9.17, 15) is 4.79 Å². The zero-order chi connectivity index (χ0) is 14.3. The highest BCUT2D eigenvalue weighted by atomic mass is 16.5. The van der Waals surface area contributed by atoms with Crippen molar-refractivity contribution >= 4 is 11.6 Å². The monoisotopic (exact) mass is 266 g/mol. The highest BCUT2D eigenvalue weighted by molar-refractivity contribution is 5.94. The van der Waals surface area contributed by atoms with Gasteiger partial charge in [0.25, 0.3) is 0 Å². The van der Waals surface area contributed by atoms with E-state index in [1.807, 2.05) is 6.92 Å². The van der Waals surface area contributed by atoms with Crippen LogP contribution in [0.25, 0.3) is 0 Å². The summed E-state index contributed by atoms with van der Waals surface area (Å²) in [5.74, 6) is 1.00. The zero-order valence-electron chi connectivity index (χ0n) is 11.7. The van der Waals surface area contributed by atoms with E-state index in [1.165, 1.54) is 0 Å². The molecule has 0 fully saturated rings. The van der Waals surface area contributed by atoms with Crippen LogP contribution in [0.3, 0.4) is 0 Å². The van der Waals surface area contributed by atoms with Crippen molar-refractivity contribution < 1.29 is 14.3 Å². The number of methoxy groups -OCH3 is 2. The van der Waals surface area contributed by atoms with Crippen LogP contribution in [0.2, 0.25) is 0 Å². The third-order valence-corrected chi connectivity index (χ3v) is 2.96. The van der Waals surface area contributed by atoms with E-state index >= 15 is 0 Å². The van der Waals surface area contributed by atoms with Crippen molar-refractivity contribution in [3.8, 4) is 11.5 Å². The Hall–Kier alpha value is -1.75. The topological polar surface area (TPSA) is 73.6 Å². The van der Waals surface area contributed by atoms with E-state index in [2.05, 4.69) is 5.32 Å². The Morgan fingerprint density at radius 3 is 2.63 bits per heavy atom. The number of hydrogen-bond acceptors (Lipinski definition) is 4. The molecule has 0 heterocycles. The Morgan fingerprint density at radius 2 is 2.11 bits per heavy atom. The van der Waals surface area contributed by atoms with Gasteiger partial charge in [0, 0.05) is 12.6 Å². The molecule has 106 valence electrons. The van der Waals surface area contributed by atoms with Crippen LogP contribution in [0.1, 0.15) is 19.8 Å². The quantitative estimate of drug-likeness (QED) is 0.792. The van der Waals surface area contributed by atoms with Crippen molar-refractivity contribution in [3.63, 3.8) is 0 Å². The predicted molar refractivity (Wildman–Crippen MR) is 75.6 cm³/mol. The van der Waals surface area contributed by atoms with Gasteiger partial charge in [0.2, 0.25) is 5.91 Å². The van der Waals surface area contributed by atoms with Crippen LogP contribution in [-0.4, -0.2) is 26.7 Å². The SMILES string of the molecule is CCCC(CN)C(=O)Nc1ccc(OC)cc1OC. The van der Waals surface area contributed by atoms with Gasteiger partial charge < -0.3 is 20.5 Å². The molecule has 1 rings (SSSR count). The van der Waals surface area contributed by atoms with Crippen molar-refractivity contribution in [3.05, 3.63) is 18.2 Å². The number of rotatable bonds is 7. The Morgan fingerprint density at radius 1 is 1.37 bits per heavy atom. The van der Waals surface area contributed by atoms with E-state index in [0.29, 0.717) is 23.7 Å². The Kier molecular flexibility index (Phi) is 6.15. The summed E-state index contributed by atoms with van der Waals surface area (Å²) < 4.78 is 10.3. The second-order valence-corrected chi connectivity index (χ2v) is 4.28. The molecule has 3 N–H and O–H groups in total. The van der Waals surface area contributed by atoms with E-state index in [1.54, 1.807) is 32.4 Å². The molecule has 1 aromatic carbocycles. The molecule has 0 radical (unpaired) electrons. The molecule has 19 heavy (non-hydrogen) atoms. The van der Waals surface area contributed by atoms with Gasteiger partial charge in [0.05, 0.1) is 25.8 Å². The lowest BCUT2D eigenvalue weighted by molar-refractivity contribution is -0.119. The average Bonchev–Trinajstić information content (AvgIpc) is 2.44. The standard InChI is InChI=1S/C14H22N2O3/c1-4-5-10(9-15)14(17)16-12-7-6-11(18-2)8-13(12)19-3/h6-8,10H,4-5,9,15H2,1-3H3,(H,16,17). The Labute approximate surface area is 114 Å². The maximum absolute atomic E-state index is 12.1. The molecule has 1 amide bonds. The van der Waals surface area contributed by atoms with E-state index < -0.39 is 0 Å². The van der Waals surface area contributed by atoms with Gasteiger partial charge in [0.15, 0.2) is 0 Å². The fraction of sp³-hybridized carbons (Fsp3) is 0.500. The molecule has 1 atom stereocenters. The van der Waals surface area contributed by atoms with Gasteiger partial charge in [0.1, 0.15) is 11.5 Å². The number of nitrogens with one attached hydrogen (secondary N) is 1. The maximum Gasteiger partial charge on any atom is 0.228 e. The van der Waals surface area contributed by atoms with Crippen LogP contribution >= 0.6 is 0 Å². The Balaban J connectivity index is 2.83. The summed E-state index contributed by atoms with van der Waals surface area (Å²) in [5, 5.41) is 2.85. The largest absolute Gasteiger partial charge is 0.497 e. The van der Waals surface area contributed by atoms with Gasteiger partial charge >= 0.3 is 0 Å². The minimum atomic E-state index is -0.170. The summed E-state index contributed by atoms with van der Waals surface area (Å²) in [7, 11) is 3.13. The van der Waals surface area contributed by atoms with Gasteiger partial charge in [-0.15, -0.1) is 0 Å². The fourth-order valence-corrected chi connectivity index (χ4v) is 1.84. The molecule has 0 aliphatic rings. The second kappa shape index (κ2) is 7.63. The first-order chi connectivity index (χ1) is 9.15. The van der Waals surface area contributed by atoms with Crippen LogP contribution in [0.5, 0.6) is 11.5 Å². The molecule has 0 spiro atoms. The summed E-state index contributed by atoms with van der Waals surface area (Å²) in [6.45, 7) is 2.38. The van der Waals surface area contributed by atoms with E-state index in [4.69, 9.17) is 15.2 Å². The van der Waals surface area contributed by atoms with Gasteiger partial charge in [-0.05, 0) is 18.6 Å². The summed E-state index contributed by atoms with van der Waals surface area (Å²) in [4.78, 5) is 12.1. The number of carbonyl (C=O) groups is 1. The summed E-state index contributed by atoms with van der Waals surface area (Å²) in [6.07, 6.45) is 1.70. The lowest BCUT2D eigenvalue weighted by Gasteiger charge is -2.16. The minimum Gasteiger partial charge on any atom is -0.497 e. The maximum atomic E-state index is 12.1. The first kappa shape index (κ1) is 15.3. The fourth-order valence-electron chi connectivity index (χ4n) is 1.84. The zero-order valence-corrected chi connectivity index (χ0v) is 11.7. The van der Waals surface area contributed by atoms with Crippen LogP contribution in [0.4, 0.5) is 5.69 Å². The van der Waals surface area contributed by atoms with Crippen molar-refractivity contribution in [2.24, 2.45) is 11.7 Å². The number of ether oxygens (including phenoxy) is 2. The molecule has 0 aliphatic heterocycles. The van der Waals surface area contributed by atoms with Crippen molar-refractivity contribution in [2.45, 2.75) is 19.8 Å². The van der Waals surface area contributed by atoms with Gasteiger partial charge in [-0.3, -0.25) is 4.79 Å². The molecule has 0 bridgehead atoms. The third kappa shape index (κ3) is 4.13. The molecule has 5 nitrogen and oxygen atoms in total. The van der Waals surface area contributed by atoms with Crippen LogP contribution in [0, 0.1) is 5.92 Å². The van der Waals surface area contributed by atoms with Crippen molar-refractivity contribution in [2.75, 3.05) is 26.1 Å². The van der Waals surface area contributed by atoms with Gasteiger partial charge in [-0.2, -0.15) is 0 Å². The Bertz CT molecular complexity index is 421. The highest BCUT2D eigenvalue weighted by Crippen LogP contribution is 2.29. The molecule has 1 aromatic rings. The number of anilines is 1. The lowest BCUT2D eigenvalue weighted by Crippen LogP contribution is -2.29. The molecular weight excluding hydrogens is 244 g/mol. The van der Waals surface area contributed by atoms with E-state index in [0.717, 1.165) is 12.8 Å². The van der Waals surface area contributed by atoms with E-state index in [-0.39, 0.29) is 11.8 Å². The average molecular weight is 266 g/mol. The normalized spacial score (nSPS) is 11.8. The van der Waals surface area contributed by atoms with Crippen LogP contribution in [-0.2, 0) is 4.79 Å². The van der Waals surface area contributed by atoms with Crippen molar-refractivity contribution in [1.82, 2.24) is 0 Å². The van der Waals surface area contributed by atoms with Crippen molar-refractivity contribution in [1.29, 1.82) is 0 Å². The molecule has 0 saturated carbocycles. The second-order valence-electron chi connectivity index (χ2n) is 4.28. The first-order valence-corrected chi connectivity index (χ1v) is 6.39. The number of amides is 1. The summed E-state index contributed by atoms with van der Waals surface area (Å²) >= 11 is 0. The molecule has 0 aliphatic carbocycles. The summed E-state index contributed by atoms with van der Waals surface area (Å²) in [6, 6.07) is 5.26. The molecule has 0 aromatic heterocycles. The minimum absolute atomic E-state index is 0.0761. The molecule has 0 saturated heterocycles. The van der Waals surface area contributed by atoms with Gasteiger partial charge in [-0.25, -0.2) is 0 Å². The molecular formula is C14H22N2O3. The number of hydrogen-bond donors (Lipinski definition) is 2. The van der Waals surface area contributed by atoms with Gasteiger partial charge in [-0.1, -0.05) is 13.3 Å². The summed E-state index contributed by atoms with van der Waals surface area (Å²) in [5.41, 5.74) is 6.25. The molecule has 5 heteroatoms. The predicted octanol–water partition coefficient (Wildman–Crippen LogP) is 2.02. The lowest BCUT2D eigenvalue weighted by atomic mass is 10.0. The smallest absolute Gasteiger partial charge is 0.228 e. The number of carbonyl (C=O) groups excluding carboxylic acids is 1. The highest BCUT2D eigenvalue weighted by Gasteiger charge is 2.17. The number of nitrogens with two attached hydrogens (primary N) is 1. The van der Waals surface area contributed by atoms with Crippen LogP contribution < -0.4 is 20.5 Å².